The Morgan fingerprint density at radius 1 is 1.23 bits per heavy atom. The average Bonchev–Trinajstić information content (AvgIpc) is 2.98. The molecule has 0 aromatic heterocycles. The van der Waals surface area contributed by atoms with Gasteiger partial charge in [-0.15, -0.1) is 0 Å². The Hall–Kier alpha value is -3.02. The first-order valence-corrected chi connectivity index (χ1v) is 6.82. The van der Waals surface area contributed by atoms with Gasteiger partial charge >= 0.3 is 0 Å². The van der Waals surface area contributed by atoms with Gasteiger partial charge in [-0.2, -0.15) is 10.2 Å². The number of carbonyl (C=O) groups is 2. The van der Waals surface area contributed by atoms with Crippen LogP contribution in [0.5, 0.6) is 0 Å². The molecule has 1 aliphatic rings. The lowest BCUT2D eigenvalue weighted by atomic mass is 10.0. The molecule has 1 heterocycles. The fourth-order valence-corrected chi connectivity index (χ4v) is 2.31. The molecule has 22 heavy (non-hydrogen) atoms. The highest BCUT2D eigenvalue weighted by atomic mass is 16.2. The summed E-state index contributed by atoms with van der Waals surface area (Å²) in [5.41, 5.74) is 6.23. The molecule has 0 spiro atoms. The van der Waals surface area contributed by atoms with Crippen LogP contribution < -0.4 is 10.9 Å². The van der Waals surface area contributed by atoms with Gasteiger partial charge in [0.05, 0.1) is 5.71 Å². The molecule has 0 unspecified atom stereocenters. The van der Waals surface area contributed by atoms with E-state index in [1.165, 1.54) is 6.21 Å². The Balaban J connectivity index is 1.83. The normalized spacial score (nSPS) is 17.6. The van der Waals surface area contributed by atoms with Gasteiger partial charge in [0.25, 0.3) is 11.8 Å². The number of nitrogens with zero attached hydrogens (tertiary/aromatic N) is 2. The Labute approximate surface area is 126 Å². The smallest absolute Gasteiger partial charge is 0.258 e. The van der Waals surface area contributed by atoms with Crippen LogP contribution in [0.25, 0.3) is 10.8 Å². The molecule has 1 aliphatic heterocycles. The van der Waals surface area contributed by atoms with Crippen molar-refractivity contribution < 1.29 is 9.59 Å². The Morgan fingerprint density at radius 3 is 2.77 bits per heavy atom. The van der Waals surface area contributed by atoms with Crippen molar-refractivity contribution in [2.75, 3.05) is 0 Å². The van der Waals surface area contributed by atoms with Gasteiger partial charge in [0, 0.05) is 11.8 Å². The van der Waals surface area contributed by atoms with Gasteiger partial charge in [-0.05, 0) is 17.7 Å². The third kappa shape index (κ3) is 2.58. The van der Waals surface area contributed by atoms with E-state index in [9.17, 15) is 9.59 Å². The second-order valence-electron chi connectivity index (χ2n) is 4.93. The molecule has 0 saturated heterocycles. The minimum absolute atomic E-state index is 0.449. The first-order valence-electron chi connectivity index (χ1n) is 6.82. The number of amides is 2. The first kappa shape index (κ1) is 13.9. The number of fused-ring (bicyclic) bond motifs is 1. The van der Waals surface area contributed by atoms with Crippen LogP contribution in [0.3, 0.4) is 0 Å². The lowest BCUT2D eigenvalue weighted by Crippen LogP contribution is -2.34. The van der Waals surface area contributed by atoms with Crippen LogP contribution in [0.2, 0.25) is 0 Å². The van der Waals surface area contributed by atoms with Gasteiger partial charge in [-0.1, -0.05) is 42.5 Å². The fraction of sp³-hybridized carbons (Fsp3) is 0.125. The summed E-state index contributed by atoms with van der Waals surface area (Å²) in [6, 6.07) is 13.8. The van der Waals surface area contributed by atoms with Gasteiger partial charge in [-0.25, -0.2) is 10.9 Å². The zero-order valence-corrected chi connectivity index (χ0v) is 11.9. The largest absolute Gasteiger partial charge is 0.272 e. The summed E-state index contributed by atoms with van der Waals surface area (Å²) in [5, 5.41) is 9.81. The van der Waals surface area contributed by atoms with Crippen molar-refractivity contribution in [2.24, 2.45) is 16.1 Å². The maximum absolute atomic E-state index is 11.9. The molecular weight excluding hydrogens is 280 g/mol. The summed E-state index contributed by atoms with van der Waals surface area (Å²) in [4.78, 5) is 23.2. The number of hydrogen-bond acceptors (Lipinski definition) is 4. The predicted molar refractivity (Wildman–Crippen MR) is 84.4 cm³/mol. The zero-order chi connectivity index (χ0) is 15.5. The van der Waals surface area contributed by atoms with Gasteiger partial charge in [0.15, 0.2) is 5.92 Å². The molecule has 3 rings (SSSR count). The summed E-state index contributed by atoms with van der Waals surface area (Å²) in [7, 11) is 0. The summed E-state index contributed by atoms with van der Waals surface area (Å²) >= 11 is 0. The van der Waals surface area contributed by atoms with Crippen molar-refractivity contribution in [3.8, 4) is 0 Å². The van der Waals surface area contributed by atoms with Crippen LogP contribution in [0.15, 0.2) is 52.7 Å². The van der Waals surface area contributed by atoms with Crippen LogP contribution in [0, 0.1) is 5.92 Å². The van der Waals surface area contributed by atoms with Crippen LogP contribution >= 0.6 is 0 Å². The molecule has 6 heteroatoms. The maximum Gasteiger partial charge on any atom is 0.258 e. The second kappa shape index (κ2) is 5.77. The number of nitrogens with one attached hydrogen (secondary N) is 2. The number of carbonyl (C=O) groups excluding carboxylic acids is 2. The number of benzene rings is 2. The molecule has 0 bridgehead atoms. The number of hydrazone groups is 2. The minimum atomic E-state index is -0.927. The fourth-order valence-electron chi connectivity index (χ4n) is 2.31. The molecule has 2 amide bonds. The predicted octanol–water partition coefficient (Wildman–Crippen LogP) is 1.41. The lowest BCUT2D eigenvalue weighted by Gasteiger charge is -2.07. The van der Waals surface area contributed by atoms with Crippen LogP contribution in [-0.2, 0) is 9.59 Å². The van der Waals surface area contributed by atoms with E-state index in [4.69, 9.17) is 0 Å². The van der Waals surface area contributed by atoms with E-state index in [1.807, 2.05) is 49.4 Å². The lowest BCUT2D eigenvalue weighted by molar-refractivity contribution is -0.131. The van der Waals surface area contributed by atoms with Crippen molar-refractivity contribution in [3.63, 3.8) is 0 Å². The summed E-state index contributed by atoms with van der Waals surface area (Å²) in [5.74, 6) is -1.88. The third-order valence-corrected chi connectivity index (χ3v) is 3.48. The summed E-state index contributed by atoms with van der Waals surface area (Å²) in [6.45, 7) is 1.81. The molecule has 0 saturated carbocycles. The monoisotopic (exact) mass is 294 g/mol. The molecule has 0 radical (unpaired) electrons. The first-order chi connectivity index (χ1) is 10.7. The molecule has 0 fully saturated rings. The van der Waals surface area contributed by atoms with Crippen molar-refractivity contribution in [1.29, 1.82) is 0 Å². The molecule has 2 N–H and O–H groups in total. The SMILES string of the molecule is C/C(=N/NC(=O)[C@@H]1C=NNC1=O)c1cccc2ccccc12. The molecule has 0 aliphatic carbocycles. The molecule has 2 aromatic rings. The van der Waals surface area contributed by atoms with E-state index >= 15 is 0 Å². The quantitative estimate of drug-likeness (QED) is 0.510. The van der Waals surface area contributed by atoms with Crippen molar-refractivity contribution in [3.05, 3.63) is 48.0 Å². The van der Waals surface area contributed by atoms with Crippen LogP contribution in [-0.4, -0.2) is 23.7 Å². The van der Waals surface area contributed by atoms with Crippen molar-refractivity contribution >= 4 is 34.5 Å². The minimum Gasteiger partial charge on any atom is -0.272 e. The van der Waals surface area contributed by atoms with E-state index in [-0.39, 0.29) is 0 Å². The highest BCUT2D eigenvalue weighted by Gasteiger charge is 2.28. The van der Waals surface area contributed by atoms with Gasteiger partial charge in [0.2, 0.25) is 0 Å². The Bertz CT molecular complexity index is 805. The standard InChI is InChI=1S/C16H14N4O2/c1-10(18-20-16(22)14-9-17-19-15(14)21)12-8-4-6-11-5-2-3-7-13(11)12/h2-9,14H,1H3,(H,19,21)(H,20,22)/b18-10-/t14-/m1/s1. The van der Waals surface area contributed by atoms with Gasteiger partial charge < -0.3 is 0 Å². The highest BCUT2D eigenvalue weighted by molar-refractivity contribution is 6.15. The Kier molecular flexibility index (Phi) is 3.65. The van der Waals surface area contributed by atoms with Gasteiger partial charge in [-0.3, -0.25) is 9.59 Å². The molecule has 2 aromatic carbocycles. The summed E-state index contributed by atoms with van der Waals surface area (Å²) in [6.07, 6.45) is 1.26. The van der Waals surface area contributed by atoms with Crippen molar-refractivity contribution in [2.45, 2.75) is 6.92 Å². The summed E-state index contributed by atoms with van der Waals surface area (Å²) < 4.78 is 0. The second-order valence-corrected chi connectivity index (χ2v) is 4.93. The molecule has 110 valence electrons. The van der Waals surface area contributed by atoms with Crippen LogP contribution in [0.4, 0.5) is 0 Å². The van der Waals surface area contributed by atoms with E-state index in [0.29, 0.717) is 5.71 Å². The molecular formula is C16H14N4O2. The van der Waals surface area contributed by atoms with Crippen LogP contribution in [0.1, 0.15) is 12.5 Å². The maximum atomic E-state index is 11.9. The van der Waals surface area contributed by atoms with E-state index in [1.54, 1.807) is 0 Å². The van der Waals surface area contributed by atoms with E-state index < -0.39 is 17.7 Å². The molecule has 1 atom stereocenters. The Morgan fingerprint density at radius 2 is 2.00 bits per heavy atom. The van der Waals surface area contributed by atoms with Gasteiger partial charge in [0.1, 0.15) is 0 Å². The van der Waals surface area contributed by atoms with Crippen molar-refractivity contribution in [1.82, 2.24) is 10.9 Å². The average molecular weight is 294 g/mol. The molecule has 6 nitrogen and oxygen atoms in total. The van der Waals surface area contributed by atoms with E-state index in [0.717, 1.165) is 16.3 Å². The number of hydrogen-bond donors (Lipinski definition) is 2. The van der Waals surface area contributed by atoms with E-state index in [2.05, 4.69) is 21.1 Å². The topological polar surface area (TPSA) is 82.9 Å². The third-order valence-electron chi connectivity index (χ3n) is 3.48. The zero-order valence-electron chi connectivity index (χ0n) is 11.9. The number of rotatable bonds is 3. The highest BCUT2D eigenvalue weighted by Crippen LogP contribution is 2.19.